The van der Waals surface area contributed by atoms with Crippen molar-refractivity contribution < 1.29 is 4.74 Å². The second-order valence-corrected chi connectivity index (χ2v) is 6.95. The molecule has 2 heterocycles. The number of anilines is 1. The van der Waals surface area contributed by atoms with Crippen molar-refractivity contribution in [1.29, 1.82) is 5.26 Å². The predicted octanol–water partition coefficient (Wildman–Crippen LogP) is 1.93. The molecule has 1 fully saturated rings. The summed E-state index contributed by atoms with van der Waals surface area (Å²) >= 11 is 6.42. The van der Waals surface area contributed by atoms with Crippen molar-refractivity contribution in [1.82, 2.24) is 14.9 Å². The van der Waals surface area contributed by atoms with Crippen LogP contribution in [0.25, 0.3) is 0 Å². The number of hydrogen-bond donors (Lipinski definition) is 0. The molecule has 2 aliphatic rings. The van der Waals surface area contributed by atoms with Crippen LogP contribution in [0, 0.1) is 11.3 Å². The summed E-state index contributed by atoms with van der Waals surface area (Å²) in [6, 6.07) is 9.92. The fraction of sp³-hybridized carbons (Fsp3) is 0.474. The molecule has 0 spiro atoms. The lowest BCUT2D eigenvalue weighted by molar-refractivity contribution is -0.0262. The topological polar surface area (TPSA) is 58.3 Å². The molecule has 0 N–H and O–H groups in total. The Kier molecular flexibility index (Phi) is 6.56. The first-order valence-electron chi connectivity index (χ1n) is 9.02. The van der Waals surface area contributed by atoms with Crippen molar-refractivity contribution >= 4 is 23.5 Å². The Morgan fingerprint density at radius 1 is 1.30 bits per heavy atom. The van der Waals surface area contributed by atoms with E-state index in [2.05, 4.69) is 32.9 Å². The van der Waals surface area contributed by atoms with Gasteiger partial charge in [0.05, 0.1) is 25.0 Å². The molecular weight excluding hydrogens is 364 g/mol. The van der Waals surface area contributed by atoms with Gasteiger partial charge >= 0.3 is 0 Å². The highest BCUT2D eigenvalue weighted by molar-refractivity contribution is 6.30. The highest BCUT2D eigenvalue weighted by Gasteiger charge is 2.26. The molecule has 144 valence electrons. The lowest BCUT2D eigenvalue weighted by Gasteiger charge is -2.42. The van der Waals surface area contributed by atoms with Crippen LogP contribution in [0.4, 0.5) is 5.69 Å². The maximum absolute atomic E-state index is 9.05. The number of allylic oxidation sites excluding steroid dienone is 1. The Balaban J connectivity index is 1.48. The Hall–Kier alpha value is -2.27. The minimum absolute atomic E-state index is 0.531. The van der Waals surface area contributed by atoms with Gasteiger partial charge in [0, 0.05) is 52.0 Å². The number of aliphatic imine (C=N–C) groups is 1. The molecule has 0 unspecified atom stereocenters. The van der Waals surface area contributed by atoms with E-state index in [-0.39, 0.29) is 0 Å². The standard InChI is InChI=1S/C19H25ClN6O/c1-23(17-5-3-4-16(12-17)13-21)6-7-24-8-10-25(11-9-24)26-15-22-14-18(27-2)19(26)20/h3-5,12,14H,6-11,15H2,1-2H3. The maximum Gasteiger partial charge on any atom is 0.173 e. The van der Waals surface area contributed by atoms with Gasteiger partial charge in [-0.05, 0) is 18.2 Å². The molecule has 1 aromatic rings. The summed E-state index contributed by atoms with van der Waals surface area (Å²) in [7, 11) is 3.67. The van der Waals surface area contributed by atoms with Crippen LogP contribution in [0.1, 0.15) is 5.56 Å². The SMILES string of the molecule is COC1=C(Cl)N(N2CCN(CCN(C)c3cccc(C#N)c3)CC2)CN=C1. The molecule has 0 saturated carbocycles. The normalized spacial score (nSPS) is 18.5. The first-order valence-corrected chi connectivity index (χ1v) is 9.40. The minimum atomic E-state index is 0.531. The third-order valence-electron chi connectivity index (χ3n) is 4.93. The summed E-state index contributed by atoms with van der Waals surface area (Å²) in [6.45, 7) is 6.16. The quantitative estimate of drug-likeness (QED) is 0.694. The minimum Gasteiger partial charge on any atom is -0.492 e. The zero-order chi connectivity index (χ0) is 19.2. The van der Waals surface area contributed by atoms with E-state index in [9.17, 15) is 0 Å². The van der Waals surface area contributed by atoms with E-state index in [0.717, 1.165) is 45.0 Å². The number of nitrogens with zero attached hydrogens (tertiary/aromatic N) is 6. The van der Waals surface area contributed by atoms with E-state index in [0.29, 0.717) is 23.1 Å². The first-order chi connectivity index (χ1) is 13.1. The highest BCUT2D eigenvalue weighted by atomic mass is 35.5. The molecule has 0 radical (unpaired) electrons. The van der Waals surface area contributed by atoms with Crippen LogP contribution in [0.3, 0.4) is 0 Å². The van der Waals surface area contributed by atoms with E-state index < -0.39 is 0 Å². The fourth-order valence-corrected chi connectivity index (χ4v) is 3.52. The summed E-state index contributed by atoms with van der Waals surface area (Å²) in [6.07, 6.45) is 1.67. The van der Waals surface area contributed by atoms with Crippen molar-refractivity contribution in [3.8, 4) is 6.07 Å². The molecule has 8 heteroatoms. The average Bonchev–Trinajstić information content (AvgIpc) is 2.72. The number of benzene rings is 1. The molecule has 2 aliphatic heterocycles. The number of halogens is 1. The number of ether oxygens (including phenoxy) is 1. The average molecular weight is 389 g/mol. The van der Waals surface area contributed by atoms with Gasteiger partial charge in [-0.25, -0.2) is 5.01 Å². The summed E-state index contributed by atoms with van der Waals surface area (Å²) < 4.78 is 5.26. The molecule has 0 aliphatic carbocycles. The molecular formula is C19H25ClN6O. The molecule has 7 nitrogen and oxygen atoms in total. The van der Waals surface area contributed by atoms with Gasteiger partial charge in [0.15, 0.2) is 10.9 Å². The van der Waals surface area contributed by atoms with E-state index in [1.807, 2.05) is 29.3 Å². The number of rotatable bonds is 6. The Bertz CT molecular complexity index is 751. The van der Waals surface area contributed by atoms with Crippen LogP contribution in [0.2, 0.25) is 0 Å². The lowest BCUT2D eigenvalue weighted by atomic mass is 10.2. The van der Waals surface area contributed by atoms with Gasteiger partial charge < -0.3 is 9.64 Å². The van der Waals surface area contributed by atoms with Crippen LogP contribution in [0.15, 0.2) is 40.2 Å². The third kappa shape index (κ3) is 4.72. The predicted molar refractivity (Wildman–Crippen MR) is 108 cm³/mol. The monoisotopic (exact) mass is 388 g/mol. The third-order valence-corrected chi connectivity index (χ3v) is 5.31. The van der Waals surface area contributed by atoms with Gasteiger partial charge in [0.1, 0.15) is 6.67 Å². The van der Waals surface area contributed by atoms with Crippen LogP contribution in [-0.2, 0) is 4.74 Å². The Morgan fingerprint density at radius 2 is 2.07 bits per heavy atom. The van der Waals surface area contributed by atoms with Gasteiger partial charge in [0.2, 0.25) is 0 Å². The van der Waals surface area contributed by atoms with Crippen molar-refractivity contribution in [3.05, 3.63) is 40.7 Å². The van der Waals surface area contributed by atoms with Gasteiger partial charge in [-0.3, -0.25) is 14.9 Å². The highest BCUT2D eigenvalue weighted by Crippen LogP contribution is 2.22. The van der Waals surface area contributed by atoms with Gasteiger partial charge in [-0.15, -0.1) is 0 Å². The molecule has 1 aromatic carbocycles. The zero-order valence-corrected chi connectivity index (χ0v) is 16.6. The van der Waals surface area contributed by atoms with Crippen LogP contribution < -0.4 is 4.90 Å². The fourth-order valence-electron chi connectivity index (χ4n) is 3.23. The van der Waals surface area contributed by atoms with Crippen LogP contribution in [0.5, 0.6) is 0 Å². The second-order valence-electron chi connectivity index (χ2n) is 6.59. The second kappa shape index (κ2) is 9.09. The maximum atomic E-state index is 9.05. The Labute approximate surface area is 165 Å². The van der Waals surface area contributed by atoms with Crippen LogP contribution >= 0.6 is 11.6 Å². The van der Waals surface area contributed by atoms with Crippen molar-refractivity contribution in [2.24, 2.45) is 4.99 Å². The number of nitriles is 1. The van der Waals surface area contributed by atoms with E-state index in [1.54, 1.807) is 13.3 Å². The van der Waals surface area contributed by atoms with E-state index in [1.165, 1.54) is 0 Å². The summed E-state index contributed by atoms with van der Waals surface area (Å²) in [5, 5.41) is 13.9. The van der Waals surface area contributed by atoms with Gasteiger partial charge in [-0.2, -0.15) is 5.26 Å². The number of piperazine rings is 1. The van der Waals surface area contributed by atoms with Crippen molar-refractivity contribution in [2.75, 3.05) is 65.0 Å². The molecule has 0 amide bonds. The summed E-state index contributed by atoms with van der Waals surface area (Å²) in [5.74, 6) is 0.603. The van der Waals surface area contributed by atoms with Gasteiger partial charge in [0.25, 0.3) is 0 Å². The molecule has 27 heavy (non-hydrogen) atoms. The lowest BCUT2D eigenvalue weighted by Crippen LogP contribution is -2.54. The van der Waals surface area contributed by atoms with E-state index >= 15 is 0 Å². The number of hydrogen-bond acceptors (Lipinski definition) is 7. The smallest absolute Gasteiger partial charge is 0.173 e. The van der Waals surface area contributed by atoms with Crippen LogP contribution in [-0.4, -0.2) is 81.2 Å². The number of hydrazine groups is 1. The number of likely N-dealkylation sites (N-methyl/N-ethyl adjacent to an activating group) is 1. The Morgan fingerprint density at radius 3 is 2.78 bits per heavy atom. The zero-order valence-electron chi connectivity index (χ0n) is 15.8. The van der Waals surface area contributed by atoms with Gasteiger partial charge in [-0.1, -0.05) is 17.7 Å². The molecule has 1 saturated heterocycles. The summed E-state index contributed by atoms with van der Waals surface area (Å²) in [5.41, 5.74) is 1.76. The molecule has 0 bridgehead atoms. The number of methoxy groups -OCH3 is 1. The van der Waals surface area contributed by atoms with E-state index in [4.69, 9.17) is 21.6 Å². The largest absolute Gasteiger partial charge is 0.492 e. The molecule has 0 atom stereocenters. The first kappa shape index (κ1) is 19.5. The molecule has 3 rings (SSSR count). The van der Waals surface area contributed by atoms with Crippen molar-refractivity contribution in [2.45, 2.75) is 0 Å². The molecule has 0 aromatic heterocycles. The van der Waals surface area contributed by atoms with Crippen molar-refractivity contribution in [3.63, 3.8) is 0 Å². The summed E-state index contributed by atoms with van der Waals surface area (Å²) in [4.78, 5) is 8.95.